The monoisotopic (exact) mass is 242 g/mol. The van der Waals surface area contributed by atoms with Gasteiger partial charge in [-0.3, -0.25) is 5.41 Å². The lowest BCUT2D eigenvalue weighted by molar-refractivity contribution is 0.631. The van der Waals surface area contributed by atoms with Crippen LogP contribution in [0.25, 0.3) is 11.1 Å². The summed E-state index contributed by atoms with van der Waals surface area (Å²) in [5.74, 6) is -0.0777. The zero-order valence-corrected chi connectivity index (χ0v) is 9.99. The van der Waals surface area contributed by atoms with Crippen LogP contribution < -0.4 is 5.73 Å². The van der Waals surface area contributed by atoms with Crippen LogP contribution in [0.1, 0.15) is 12.0 Å². The van der Waals surface area contributed by atoms with Gasteiger partial charge in [0.2, 0.25) is 0 Å². The molecule has 0 aliphatic rings. The first-order chi connectivity index (χ1) is 8.68. The molecule has 2 rings (SSSR count). The highest BCUT2D eigenvalue weighted by Crippen LogP contribution is 2.26. The number of halogens is 1. The van der Waals surface area contributed by atoms with Crippen LogP contribution in [0, 0.1) is 11.2 Å². The van der Waals surface area contributed by atoms with E-state index in [1.165, 1.54) is 6.07 Å². The first-order valence-corrected chi connectivity index (χ1v) is 5.84. The average Bonchev–Trinajstić information content (AvgIpc) is 2.37. The van der Waals surface area contributed by atoms with Crippen LogP contribution in [0.4, 0.5) is 4.39 Å². The van der Waals surface area contributed by atoms with E-state index in [9.17, 15) is 4.39 Å². The molecule has 18 heavy (non-hydrogen) atoms. The Kier molecular flexibility index (Phi) is 3.72. The van der Waals surface area contributed by atoms with Gasteiger partial charge in [0.1, 0.15) is 5.82 Å². The maximum atomic E-state index is 13.8. The Morgan fingerprint density at radius 3 is 2.28 bits per heavy atom. The van der Waals surface area contributed by atoms with Crippen LogP contribution in [-0.4, -0.2) is 5.84 Å². The van der Waals surface area contributed by atoms with E-state index in [0.717, 1.165) is 11.1 Å². The summed E-state index contributed by atoms with van der Waals surface area (Å²) in [5, 5.41) is 7.26. The Morgan fingerprint density at radius 2 is 1.61 bits per heavy atom. The van der Waals surface area contributed by atoms with Crippen molar-refractivity contribution < 1.29 is 4.39 Å². The fraction of sp³-hybridized carbons (Fsp3) is 0.133. The fourth-order valence-corrected chi connectivity index (χ4v) is 1.95. The number of rotatable bonds is 4. The summed E-state index contributed by atoms with van der Waals surface area (Å²) in [7, 11) is 0. The number of aryl methyl sites for hydroxylation is 1. The predicted octanol–water partition coefficient (Wildman–Crippen LogP) is 3.36. The normalized spacial score (nSPS) is 10.3. The van der Waals surface area contributed by atoms with E-state index in [2.05, 4.69) is 0 Å². The molecule has 0 heterocycles. The lowest BCUT2D eigenvalue weighted by Crippen LogP contribution is -2.10. The molecule has 2 nitrogen and oxygen atoms in total. The number of nitrogens with one attached hydrogen (secondary N) is 1. The lowest BCUT2D eigenvalue weighted by atomic mass is 9.96. The van der Waals surface area contributed by atoms with Crippen LogP contribution >= 0.6 is 0 Å². The van der Waals surface area contributed by atoms with Gasteiger partial charge in [0, 0.05) is 12.0 Å². The van der Waals surface area contributed by atoms with Crippen molar-refractivity contribution in [3.05, 3.63) is 59.9 Å². The molecule has 0 fully saturated rings. The first kappa shape index (κ1) is 12.3. The topological polar surface area (TPSA) is 49.9 Å². The van der Waals surface area contributed by atoms with Crippen molar-refractivity contribution in [2.45, 2.75) is 12.8 Å². The maximum absolute atomic E-state index is 13.8. The first-order valence-electron chi connectivity index (χ1n) is 5.84. The van der Waals surface area contributed by atoms with Crippen LogP contribution in [0.2, 0.25) is 0 Å². The molecule has 0 amide bonds. The standard InChI is InChI=1S/C15H15FN2/c16-14-8-4-3-7-13(14)12-6-2-1-5-11(12)9-10-15(17)18/h1-8H,9-10H2,(H3,17,18). The summed E-state index contributed by atoms with van der Waals surface area (Å²) in [5.41, 5.74) is 7.85. The van der Waals surface area contributed by atoms with Crippen molar-refractivity contribution in [2.24, 2.45) is 5.73 Å². The summed E-state index contributed by atoms with van der Waals surface area (Å²) < 4.78 is 13.8. The Hall–Kier alpha value is -2.16. The van der Waals surface area contributed by atoms with Gasteiger partial charge in [0.05, 0.1) is 5.84 Å². The highest BCUT2D eigenvalue weighted by molar-refractivity contribution is 5.77. The number of hydrogen-bond acceptors (Lipinski definition) is 1. The minimum absolute atomic E-state index is 0.151. The lowest BCUT2D eigenvalue weighted by Gasteiger charge is -2.10. The van der Waals surface area contributed by atoms with Gasteiger partial charge in [-0.2, -0.15) is 0 Å². The predicted molar refractivity (Wildman–Crippen MR) is 72.1 cm³/mol. The SMILES string of the molecule is N=C(N)CCc1ccccc1-c1ccccc1F. The van der Waals surface area contributed by atoms with Crippen LogP contribution in [0.3, 0.4) is 0 Å². The smallest absolute Gasteiger partial charge is 0.131 e. The van der Waals surface area contributed by atoms with Gasteiger partial charge in [-0.05, 0) is 23.6 Å². The summed E-state index contributed by atoms with van der Waals surface area (Å²) in [6.07, 6.45) is 1.14. The highest BCUT2D eigenvalue weighted by Gasteiger charge is 2.08. The van der Waals surface area contributed by atoms with Crippen molar-refractivity contribution >= 4 is 5.84 Å². The second-order valence-electron chi connectivity index (χ2n) is 4.16. The van der Waals surface area contributed by atoms with E-state index >= 15 is 0 Å². The van der Waals surface area contributed by atoms with Crippen molar-refractivity contribution in [3.63, 3.8) is 0 Å². The Bertz CT molecular complexity index is 564. The molecule has 0 radical (unpaired) electrons. The third-order valence-electron chi connectivity index (χ3n) is 2.85. The number of nitrogens with two attached hydrogens (primary N) is 1. The second kappa shape index (κ2) is 5.45. The van der Waals surface area contributed by atoms with E-state index in [4.69, 9.17) is 11.1 Å². The second-order valence-corrected chi connectivity index (χ2v) is 4.16. The summed E-state index contributed by atoms with van der Waals surface area (Å²) in [6, 6.07) is 14.4. The molecule has 0 spiro atoms. The Labute approximate surface area is 106 Å². The Balaban J connectivity index is 2.39. The number of amidine groups is 1. The molecule has 3 heteroatoms. The minimum Gasteiger partial charge on any atom is -0.388 e. The van der Waals surface area contributed by atoms with E-state index in [1.807, 2.05) is 30.3 Å². The molecule has 0 atom stereocenters. The minimum atomic E-state index is -0.229. The molecule has 0 saturated heterocycles. The van der Waals surface area contributed by atoms with Gasteiger partial charge < -0.3 is 5.73 Å². The van der Waals surface area contributed by atoms with Crippen molar-refractivity contribution in [1.82, 2.24) is 0 Å². The van der Waals surface area contributed by atoms with E-state index in [0.29, 0.717) is 18.4 Å². The molecule has 2 aromatic carbocycles. The van der Waals surface area contributed by atoms with Crippen LogP contribution in [-0.2, 0) is 6.42 Å². The molecular weight excluding hydrogens is 227 g/mol. The molecule has 2 aromatic rings. The molecule has 92 valence electrons. The molecule has 0 aromatic heterocycles. The summed E-state index contributed by atoms with van der Waals surface area (Å²) in [6.45, 7) is 0. The van der Waals surface area contributed by atoms with Gasteiger partial charge in [0.15, 0.2) is 0 Å². The van der Waals surface area contributed by atoms with E-state index < -0.39 is 0 Å². The van der Waals surface area contributed by atoms with Gasteiger partial charge in [0.25, 0.3) is 0 Å². The molecule has 0 aliphatic carbocycles. The molecular formula is C15H15FN2. The van der Waals surface area contributed by atoms with E-state index in [-0.39, 0.29) is 11.7 Å². The van der Waals surface area contributed by atoms with Gasteiger partial charge in [-0.25, -0.2) is 4.39 Å². The average molecular weight is 242 g/mol. The van der Waals surface area contributed by atoms with Crippen LogP contribution in [0.5, 0.6) is 0 Å². The quantitative estimate of drug-likeness (QED) is 0.627. The van der Waals surface area contributed by atoms with Gasteiger partial charge in [-0.1, -0.05) is 42.5 Å². The van der Waals surface area contributed by atoms with Gasteiger partial charge in [-0.15, -0.1) is 0 Å². The van der Waals surface area contributed by atoms with Crippen molar-refractivity contribution in [1.29, 1.82) is 5.41 Å². The third kappa shape index (κ3) is 2.74. The van der Waals surface area contributed by atoms with Crippen LogP contribution in [0.15, 0.2) is 48.5 Å². The number of benzene rings is 2. The third-order valence-corrected chi connectivity index (χ3v) is 2.85. The molecule has 0 bridgehead atoms. The Morgan fingerprint density at radius 1 is 1.00 bits per heavy atom. The molecule has 0 saturated carbocycles. The maximum Gasteiger partial charge on any atom is 0.131 e. The van der Waals surface area contributed by atoms with Crippen molar-refractivity contribution in [2.75, 3.05) is 0 Å². The fourth-order valence-electron chi connectivity index (χ4n) is 1.95. The largest absolute Gasteiger partial charge is 0.388 e. The molecule has 0 unspecified atom stereocenters. The zero-order chi connectivity index (χ0) is 13.0. The zero-order valence-electron chi connectivity index (χ0n) is 9.99. The molecule has 3 N–H and O–H groups in total. The van der Waals surface area contributed by atoms with E-state index in [1.54, 1.807) is 12.1 Å². The highest BCUT2D eigenvalue weighted by atomic mass is 19.1. The summed E-state index contributed by atoms with van der Waals surface area (Å²) in [4.78, 5) is 0. The summed E-state index contributed by atoms with van der Waals surface area (Å²) >= 11 is 0. The molecule has 0 aliphatic heterocycles. The van der Waals surface area contributed by atoms with Gasteiger partial charge >= 0.3 is 0 Å². The van der Waals surface area contributed by atoms with Crippen molar-refractivity contribution in [3.8, 4) is 11.1 Å². The number of hydrogen-bond donors (Lipinski definition) is 2.